The monoisotopic (exact) mass is 448 g/mol. The van der Waals surface area contributed by atoms with Crippen LogP contribution in [-0.2, 0) is 14.3 Å². The van der Waals surface area contributed by atoms with Crippen LogP contribution in [0.5, 0.6) is 0 Å². The van der Waals surface area contributed by atoms with Crippen molar-refractivity contribution in [2.45, 2.75) is 12.3 Å². The lowest BCUT2D eigenvalue weighted by molar-refractivity contribution is -0.197. The Hall–Kier alpha value is -2.77. The predicted octanol–water partition coefficient (Wildman–Crippen LogP) is 3.43. The van der Waals surface area contributed by atoms with Crippen molar-refractivity contribution in [2.75, 3.05) is 6.26 Å². The number of rotatable bonds is 5. The molecular weight excluding hydrogens is 437 g/mol. The van der Waals surface area contributed by atoms with Gasteiger partial charge in [0.25, 0.3) is 10.1 Å². The maximum Gasteiger partial charge on any atom is 0.421 e. The standard InChI is InChI=1S/C16H11F3N2O6S2/c1-29(25,26)27-13(16(17,18)19)10-7-28-14(20-10)12(22)9-6-21(15(23)24)11-5-3-2-4-8(9)11/h2-7,13H,1H3,(H,23,24). The molecule has 0 aliphatic carbocycles. The van der Waals surface area contributed by atoms with E-state index < -0.39 is 40.0 Å². The molecule has 1 aromatic carbocycles. The van der Waals surface area contributed by atoms with Crippen LogP contribution in [0.2, 0.25) is 0 Å². The summed E-state index contributed by atoms with van der Waals surface area (Å²) in [6.45, 7) is 0. The third-order valence-corrected chi connectivity index (χ3v) is 5.12. The molecule has 3 aromatic rings. The molecule has 3 rings (SSSR count). The Morgan fingerprint density at radius 2 is 1.93 bits per heavy atom. The number of ketones is 1. The number of carbonyl (C=O) groups is 2. The molecule has 13 heteroatoms. The summed E-state index contributed by atoms with van der Waals surface area (Å²) in [6.07, 6.45) is -7.79. The highest BCUT2D eigenvalue weighted by Gasteiger charge is 2.46. The minimum atomic E-state index is -5.09. The molecule has 154 valence electrons. The zero-order chi connectivity index (χ0) is 21.6. The van der Waals surface area contributed by atoms with Crippen LogP contribution in [0, 0.1) is 0 Å². The number of hydrogen-bond acceptors (Lipinski definition) is 7. The lowest BCUT2D eigenvalue weighted by atomic mass is 10.1. The topological polar surface area (TPSA) is 116 Å². The number of thiazole rings is 1. The van der Waals surface area contributed by atoms with Gasteiger partial charge >= 0.3 is 12.3 Å². The van der Waals surface area contributed by atoms with Crippen LogP contribution in [0.1, 0.15) is 27.2 Å². The molecule has 0 radical (unpaired) electrons. The van der Waals surface area contributed by atoms with Crippen molar-refractivity contribution >= 4 is 44.2 Å². The van der Waals surface area contributed by atoms with Crippen LogP contribution in [0.15, 0.2) is 35.8 Å². The van der Waals surface area contributed by atoms with Gasteiger partial charge in [0.15, 0.2) is 5.01 Å². The maximum absolute atomic E-state index is 13.2. The maximum atomic E-state index is 13.2. The van der Waals surface area contributed by atoms with E-state index in [1.165, 1.54) is 12.1 Å². The highest BCUT2D eigenvalue weighted by molar-refractivity contribution is 7.86. The molecule has 2 aromatic heterocycles. The number of fused-ring (bicyclic) bond motifs is 1. The van der Waals surface area contributed by atoms with Gasteiger partial charge in [-0.3, -0.25) is 13.5 Å². The second-order valence-electron chi connectivity index (χ2n) is 5.84. The average Bonchev–Trinajstić information content (AvgIpc) is 3.22. The molecule has 0 bridgehead atoms. The Morgan fingerprint density at radius 1 is 1.28 bits per heavy atom. The van der Waals surface area contributed by atoms with E-state index in [0.717, 1.165) is 16.1 Å². The van der Waals surface area contributed by atoms with E-state index in [9.17, 15) is 36.3 Å². The molecule has 2 heterocycles. The van der Waals surface area contributed by atoms with Gasteiger partial charge in [0, 0.05) is 17.0 Å². The van der Waals surface area contributed by atoms with Crippen molar-refractivity contribution in [2.24, 2.45) is 0 Å². The highest BCUT2D eigenvalue weighted by atomic mass is 32.2. The molecule has 0 amide bonds. The number of aromatic nitrogens is 2. The van der Waals surface area contributed by atoms with Gasteiger partial charge in [0.05, 0.1) is 23.0 Å². The van der Waals surface area contributed by atoms with Crippen LogP contribution in [0.4, 0.5) is 18.0 Å². The quantitative estimate of drug-likeness (QED) is 0.470. The number of halogens is 3. The Kier molecular flexibility index (Phi) is 5.23. The van der Waals surface area contributed by atoms with Crippen LogP contribution < -0.4 is 0 Å². The molecule has 1 N–H and O–H groups in total. The number of alkyl halides is 3. The SMILES string of the molecule is CS(=O)(=O)OC(c1csc(C(=O)c2cn(C(=O)O)c3ccccc23)n1)C(F)(F)F. The second-order valence-corrected chi connectivity index (χ2v) is 8.30. The first kappa shape index (κ1) is 21.0. The van der Waals surface area contributed by atoms with Gasteiger partial charge < -0.3 is 5.11 Å². The molecule has 0 saturated heterocycles. The molecule has 0 saturated carbocycles. The molecule has 0 spiro atoms. The summed E-state index contributed by atoms with van der Waals surface area (Å²) in [4.78, 5) is 27.7. The van der Waals surface area contributed by atoms with Crippen LogP contribution in [0.25, 0.3) is 10.9 Å². The first-order chi connectivity index (χ1) is 13.4. The summed E-state index contributed by atoms with van der Waals surface area (Å²) in [5.41, 5.74) is -0.650. The minimum Gasteiger partial charge on any atom is -0.464 e. The highest BCUT2D eigenvalue weighted by Crippen LogP contribution is 2.37. The molecule has 1 atom stereocenters. The summed E-state index contributed by atoms with van der Waals surface area (Å²) < 4.78 is 66.8. The molecule has 1 unspecified atom stereocenters. The van der Waals surface area contributed by atoms with Gasteiger partial charge in [-0.05, 0) is 6.07 Å². The Bertz CT molecular complexity index is 1210. The smallest absolute Gasteiger partial charge is 0.421 e. The fourth-order valence-electron chi connectivity index (χ4n) is 2.59. The van der Waals surface area contributed by atoms with Crippen molar-refractivity contribution in [1.29, 1.82) is 0 Å². The van der Waals surface area contributed by atoms with Crippen molar-refractivity contribution in [3.05, 3.63) is 52.1 Å². The lowest BCUT2D eigenvalue weighted by Crippen LogP contribution is -2.26. The normalized spacial score (nSPS) is 13.5. The molecule has 8 nitrogen and oxygen atoms in total. The van der Waals surface area contributed by atoms with Crippen molar-refractivity contribution in [1.82, 2.24) is 9.55 Å². The van der Waals surface area contributed by atoms with Gasteiger partial charge in [-0.25, -0.2) is 9.78 Å². The summed E-state index contributed by atoms with van der Waals surface area (Å²) in [5.74, 6) is -0.808. The molecule has 0 fully saturated rings. The van der Waals surface area contributed by atoms with E-state index >= 15 is 0 Å². The molecule has 0 aliphatic rings. The van der Waals surface area contributed by atoms with Gasteiger partial charge in [0.2, 0.25) is 11.9 Å². The summed E-state index contributed by atoms with van der Waals surface area (Å²) in [5, 5.41) is 10.0. The summed E-state index contributed by atoms with van der Waals surface area (Å²) in [7, 11) is -4.46. The summed E-state index contributed by atoms with van der Waals surface area (Å²) >= 11 is 0.557. The van der Waals surface area contributed by atoms with E-state index in [1.807, 2.05) is 0 Å². The summed E-state index contributed by atoms with van der Waals surface area (Å²) in [6, 6.07) is 6.08. The Morgan fingerprint density at radius 3 is 2.52 bits per heavy atom. The van der Waals surface area contributed by atoms with Gasteiger partial charge in [-0.2, -0.15) is 21.6 Å². The van der Waals surface area contributed by atoms with E-state index in [2.05, 4.69) is 9.17 Å². The van der Waals surface area contributed by atoms with Crippen molar-refractivity contribution in [3.8, 4) is 0 Å². The second kappa shape index (κ2) is 7.24. The zero-order valence-corrected chi connectivity index (χ0v) is 16.0. The van der Waals surface area contributed by atoms with Crippen LogP contribution >= 0.6 is 11.3 Å². The zero-order valence-electron chi connectivity index (χ0n) is 14.4. The predicted molar refractivity (Wildman–Crippen MR) is 95.6 cm³/mol. The first-order valence-electron chi connectivity index (χ1n) is 7.67. The van der Waals surface area contributed by atoms with E-state index in [-0.39, 0.29) is 21.5 Å². The van der Waals surface area contributed by atoms with Crippen molar-refractivity contribution in [3.63, 3.8) is 0 Å². The number of carbonyl (C=O) groups excluding carboxylic acids is 1. The van der Waals surface area contributed by atoms with Crippen LogP contribution in [0.3, 0.4) is 0 Å². The average molecular weight is 448 g/mol. The molecule has 0 aliphatic heterocycles. The van der Waals surface area contributed by atoms with E-state index in [4.69, 9.17) is 0 Å². The first-order valence-corrected chi connectivity index (χ1v) is 10.4. The van der Waals surface area contributed by atoms with Gasteiger partial charge in [-0.15, -0.1) is 11.3 Å². The number of hydrogen-bond donors (Lipinski definition) is 1. The lowest BCUT2D eigenvalue weighted by Gasteiger charge is -2.17. The fourth-order valence-corrected chi connectivity index (χ4v) is 3.93. The number of benzene rings is 1. The Balaban J connectivity index is 2.04. The number of carboxylic acid groups (broad SMARTS) is 1. The number of para-hydroxylation sites is 1. The van der Waals surface area contributed by atoms with Crippen molar-refractivity contribution < 1.29 is 40.5 Å². The van der Waals surface area contributed by atoms with Gasteiger partial charge in [-0.1, -0.05) is 18.2 Å². The Labute approximate surface area is 165 Å². The van der Waals surface area contributed by atoms with E-state index in [0.29, 0.717) is 17.6 Å². The van der Waals surface area contributed by atoms with Crippen LogP contribution in [-0.4, -0.2) is 47.4 Å². The third-order valence-electron chi connectivity index (χ3n) is 3.72. The fraction of sp³-hybridized carbons (Fsp3) is 0.188. The third kappa shape index (κ3) is 4.31. The van der Waals surface area contributed by atoms with Gasteiger partial charge in [0.1, 0.15) is 0 Å². The molecule has 29 heavy (non-hydrogen) atoms. The van der Waals surface area contributed by atoms with E-state index in [1.54, 1.807) is 12.1 Å². The minimum absolute atomic E-state index is 0.0727. The number of nitrogens with zero attached hydrogens (tertiary/aromatic N) is 2. The molecular formula is C16H11F3N2O6S2. The largest absolute Gasteiger partial charge is 0.464 e.